The van der Waals surface area contributed by atoms with Gasteiger partial charge in [0, 0.05) is 6.42 Å². The van der Waals surface area contributed by atoms with Gasteiger partial charge < -0.3 is 0 Å². The summed E-state index contributed by atoms with van der Waals surface area (Å²) in [6.07, 6.45) is 1.25. The van der Waals surface area contributed by atoms with Crippen LogP contribution in [0.2, 0.25) is 0 Å². The van der Waals surface area contributed by atoms with E-state index in [0.29, 0.717) is 12.8 Å². The van der Waals surface area contributed by atoms with Crippen molar-refractivity contribution in [1.82, 2.24) is 0 Å². The minimum absolute atomic E-state index is 0.226. The SMILES string of the molecule is CC#CCCCCOS(=O)(=O)C(F)(F)F. The van der Waals surface area contributed by atoms with E-state index in [2.05, 4.69) is 16.0 Å². The van der Waals surface area contributed by atoms with Crippen molar-refractivity contribution in [3.63, 3.8) is 0 Å². The van der Waals surface area contributed by atoms with Crippen molar-refractivity contribution in [3.8, 4) is 11.8 Å². The predicted octanol–water partition coefficient (Wildman–Crippen LogP) is 2.05. The largest absolute Gasteiger partial charge is 0.523 e. The van der Waals surface area contributed by atoms with Crippen LogP contribution in [0.25, 0.3) is 0 Å². The van der Waals surface area contributed by atoms with Gasteiger partial charge in [0.15, 0.2) is 0 Å². The van der Waals surface area contributed by atoms with Crippen LogP contribution in [0.5, 0.6) is 0 Å². The Morgan fingerprint density at radius 1 is 1.27 bits per heavy atom. The summed E-state index contributed by atoms with van der Waals surface area (Å²) in [6, 6.07) is 0. The smallest absolute Gasteiger partial charge is 0.263 e. The Morgan fingerprint density at radius 2 is 1.87 bits per heavy atom. The zero-order chi connectivity index (χ0) is 11.9. The molecule has 0 spiro atoms. The van der Waals surface area contributed by atoms with E-state index in [1.165, 1.54) is 0 Å². The molecule has 0 bridgehead atoms. The fourth-order valence-electron chi connectivity index (χ4n) is 0.676. The summed E-state index contributed by atoms with van der Waals surface area (Å²) < 4.78 is 59.7. The lowest BCUT2D eigenvalue weighted by molar-refractivity contribution is -0.0542. The topological polar surface area (TPSA) is 43.4 Å². The first-order valence-corrected chi connectivity index (χ1v) is 5.57. The second-order valence-corrected chi connectivity index (χ2v) is 4.21. The molecule has 0 aromatic carbocycles. The maximum atomic E-state index is 11.7. The Hall–Kier alpha value is -0.740. The summed E-state index contributed by atoms with van der Waals surface area (Å²) in [4.78, 5) is 0. The van der Waals surface area contributed by atoms with Crippen molar-refractivity contribution in [3.05, 3.63) is 0 Å². The molecule has 0 atom stereocenters. The second kappa shape index (κ2) is 5.98. The molecule has 0 N–H and O–H groups in total. The van der Waals surface area contributed by atoms with Crippen LogP contribution in [0, 0.1) is 11.8 Å². The van der Waals surface area contributed by atoms with Crippen LogP contribution in [0.1, 0.15) is 26.2 Å². The molecule has 0 amide bonds. The third-order valence-electron chi connectivity index (χ3n) is 1.39. The highest BCUT2D eigenvalue weighted by atomic mass is 32.2. The molecule has 0 radical (unpaired) electrons. The third kappa shape index (κ3) is 5.64. The van der Waals surface area contributed by atoms with E-state index in [0.717, 1.165) is 0 Å². The lowest BCUT2D eigenvalue weighted by atomic mass is 10.2. The van der Waals surface area contributed by atoms with Gasteiger partial charge in [-0.3, -0.25) is 4.18 Å². The molecule has 0 saturated carbocycles. The highest BCUT2D eigenvalue weighted by molar-refractivity contribution is 7.87. The highest BCUT2D eigenvalue weighted by Gasteiger charge is 2.47. The molecule has 0 aromatic rings. The molecule has 0 fully saturated rings. The Bertz CT molecular complexity index is 334. The lowest BCUT2D eigenvalue weighted by Crippen LogP contribution is -2.25. The zero-order valence-corrected chi connectivity index (χ0v) is 8.91. The zero-order valence-electron chi connectivity index (χ0n) is 8.10. The van der Waals surface area contributed by atoms with Crippen molar-refractivity contribution in [1.29, 1.82) is 0 Å². The molecule has 7 heteroatoms. The number of alkyl halides is 3. The predicted molar refractivity (Wildman–Crippen MR) is 48.2 cm³/mol. The van der Waals surface area contributed by atoms with Crippen LogP contribution in [0.15, 0.2) is 0 Å². The van der Waals surface area contributed by atoms with E-state index in [1.54, 1.807) is 6.92 Å². The average Bonchev–Trinajstić information content (AvgIpc) is 2.09. The molecule has 0 rings (SSSR count). The van der Waals surface area contributed by atoms with Crippen LogP contribution >= 0.6 is 0 Å². The molecule has 15 heavy (non-hydrogen) atoms. The van der Waals surface area contributed by atoms with E-state index in [4.69, 9.17) is 0 Å². The van der Waals surface area contributed by atoms with Crippen LogP contribution in [0.3, 0.4) is 0 Å². The number of rotatable bonds is 5. The molecule has 88 valence electrons. The summed E-state index contributed by atoms with van der Waals surface area (Å²) in [5.74, 6) is 5.31. The van der Waals surface area contributed by atoms with Gasteiger partial charge in [0.1, 0.15) is 0 Å². The molecule has 0 unspecified atom stereocenters. The molecule has 0 heterocycles. The van der Waals surface area contributed by atoms with Gasteiger partial charge in [0.05, 0.1) is 6.61 Å². The second-order valence-electron chi connectivity index (χ2n) is 2.61. The van der Waals surface area contributed by atoms with Crippen LogP contribution in [0.4, 0.5) is 13.2 Å². The maximum absolute atomic E-state index is 11.7. The van der Waals surface area contributed by atoms with Crippen LogP contribution in [-0.4, -0.2) is 20.5 Å². The van der Waals surface area contributed by atoms with Crippen molar-refractivity contribution < 1.29 is 25.8 Å². The van der Waals surface area contributed by atoms with Crippen molar-refractivity contribution in [2.75, 3.05) is 6.61 Å². The van der Waals surface area contributed by atoms with Gasteiger partial charge in [-0.25, -0.2) is 0 Å². The van der Waals surface area contributed by atoms with E-state index in [-0.39, 0.29) is 6.42 Å². The molecular formula is C8H11F3O3S. The summed E-state index contributed by atoms with van der Waals surface area (Å²) in [5.41, 5.74) is -5.34. The van der Waals surface area contributed by atoms with Gasteiger partial charge in [0.25, 0.3) is 0 Å². The molecule has 0 saturated heterocycles. The first-order chi connectivity index (χ1) is 6.81. The van der Waals surface area contributed by atoms with E-state index in [1.807, 2.05) is 0 Å². The normalized spacial score (nSPS) is 12.0. The van der Waals surface area contributed by atoms with Crippen molar-refractivity contribution in [2.24, 2.45) is 0 Å². The van der Waals surface area contributed by atoms with Gasteiger partial charge in [-0.1, -0.05) is 0 Å². The number of hydrogen-bond donors (Lipinski definition) is 0. The lowest BCUT2D eigenvalue weighted by Gasteiger charge is -2.07. The first-order valence-electron chi connectivity index (χ1n) is 4.16. The van der Waals surface area contributed by atoms with Gasteiger partial charge >= 0.3 is 15.6 Å². The Kier molecular flexibility index (Phi) is 5.68. The van der Waals surface area contributed by atoms with E-state index < -0.39 is 22.2 Å². The number of halogens is 3. The molecule has 0 aliphatic carbocycles. The van der Waals surface area contributed by atoms with Crippen LogP contribution in [-0.2, 0) is 14.3 Å². The molecule has 0 aromatic heterocycles. The Labute approximate surface area is 86.7 Å². The van der Waals surface area contributed by atoms with Gasteiger partial charge in [0.2, 0.25) is 0 Å². The Morgan fingerprint density at radius 3 is 2.33 bits per heavy atom. The van der Waals surface area contributed by atoms with Crippen molar-refractivity contribution in [2.45, 2.75) is 31.7 Å². The average molecular weight is 244 g/mol. The van der Waals surface area contributed by atoms with E-state index >= 15 is 0 Å². The Balaban J connectivity index is 3.81. The fraction of sp³-hybridized carbons (Fsp3) is 0.750. The summed E-state index contributed by atoms with van der Waals surface area (Å²) >= 11 is 0. The standard InChI is InChI=1S/C8H11F3O3S/c1-2-3-4-5-6-7-14-15(12,13)8(9,10)11/h4-7H2,1H3. The minimum atomic E-state index is -5.43. The number of hydrogen-bond acceptors (Lipinski definition) is 3. The fourth-order valence-corrected chi connectivity index (χ4v) is 1.15. The quantitative estimate of drug-likeness (QED) is 0.322. The third-order valence-corrected chi connectivity index (χ3v) is 2.44. The monoisotopic (exact) mass is 244 g/mol. The number of unbranched alkanes of at least 4 members (excludes halogenated alkanes) is 2. The summed E-state index contributed by atoms with van der Waals surface area (Å²) in [6.45, 7) is 1.18. The first kappa shape index (κ1) is 14.3. The van der Waals surface area contributed by atoms with Gasteiger partial charge in [-0.05, 0) is 19.8 Å². The summed E-state index contributed by atoms with van der Waals surface area (Å²) in [7, 11) is -5.43. The molecule has 3 nitrogen and oxygen atoms in total. The molecule has 0 aliphatic heterocycles. The highest BCUT2D eigenvalue weighted by Crippen LogP contribution is 2.24. The minimum Gasteiger partial charge on any atom is -0.263 e. The molecular weight excluding hydrogens is 233 g/mol. The van der Waals surface area contributed by atoms with Gasteiger partial charge in [-0.15, -0.1) is 11.8 Å². The van der Waals surface area contributed by atoms with E-state index in [9.17, 15) is 21.6 Å². The van der Waals surface area contributed by atoms with Crippen LogP contribution < -0.4 is 0 Å². The maximum Gasteiger partial charge on any atom is 0.523 e. The van der Waals surface area contributed by atoms with Gasteiger partial charge in [-0.2, -0.15) is 21.6 Å². The molecule has 0 aliphatic rings. The summed E-state index contributed by atoms with van der Waals surface area (Å²) in [5, 5.41) is 0. The van der Waals surface area contributed by atoms with Crippen molar-refractivity contribution >= 4 is 10.1 Å².